The summed E-state index contributed by atoms with van der Waals surface area (Å²) in [6.07, 6.45) is 0. The van der Waals surface area contributed by atoms with Crippen LogP contribution in [0, 0.1) is 0 Å². The molecule has 4 heteroatoms. The van der Waals surface area contributed by atoms with E-state index in [1.54, 1.807) is 11.8 Å². The molecule has 0 saturated carbocycles. The fourth-order valence-corrected chi connectivity index (χ4v) is 3.71. The molecule has 2 atom stereocenters. The van der Waals surface area contributed by atoms with Crippen molar-refractivity contribution in [2.24, 2.45) is 0 Å². The van der Waals surface area contributed by atoms with E-state index >= 15 is 0 Å². The van der Waals surface area contributed by atoms with E-state index in [-0.39, 0.29) is 17.3 Å². The fraction of sp³-hybridized carbons (Fsp3) is 0.417. The van der Waals surface area contributed by atoms with Crippen molar-refractivity contribution < 1.29 is 4.79 Å². The van der Waals surface area contributed by atoms with Crippen molar-refractivity contribution in [3.63, 3.8) is 0 Å². The van der Waals surface area contributed by atoms with Gasteiger partial charge < -0.3 is 10.2 Å². The largest absolute Gasteiger partial charge is 0.327 e. The number of benzene rings is 1. The van der Waals surface area contributed by atoms with Gasteiger partial charge in [0.25, 0.3) is 0 Å². The van der Waals surface area contributed by atoms with Crippen LogP contribution in [-0.4, -0.2) is 35.0 Å². The van der Waals surface area contributed by atoms with Gasteiger partial charge in [-0.1, -0.05) is 30.3 Å². The van der Waals surface area contributed by atoms with E-state index in [9.17, 15) is 4.79 Å². The average Bonchev–Trinajstić information content (AvgIpc) is 2.73. The normalized spacial score (nSPS) is 29.2. The minimum atomic E-state index is 0.281. The molecule has 0 bridgehead atoms. The number of rotatable bonds is 1. The number of piperazine rings is 1. The van der Waals surface area contributed by atoms with Gasteiger partial charge in [0.2, 0.25) is 5.91 Å². The quantitative estimate of drug-likeness (QED) is 0.793. The summed E-state index contributed by atoms with van der Waals surface area (Å²) < 4.78 is 0. The first-order chi connectivity index (χ1) is 7.86. The molecule has 1 aromatic rings. The van der Waals surface area contributed by atoms with E-state index in [2.05, 4.69) is 29.6 Å². The lowest BCUT2D eigenvalue weighted by Crippen LogP contribution is -2.50. The lowest BCUT2D eigenvalue weighted by Gasteiger charge is -2.37. The summed E-state index contributed by atoms with van der Waals surface area (Å²) in [5, 5.41) is 3.79. The van der Waals surface area contributed by atoms with Crippen LogP contribution in [0.5, 0.6) is 0 Å². The first-order valence-corrected chi connectivity index (χ1v) is 6.60. The van der Waals surface area contributed by atoms with Crippen molar-refractivity contribution in [1.82, 2.24) is 10.2 Å². The molecule has 84 valence electrons. The first kappa shape index (κ1) is 10.2. The van der Waals surface area contributed by atoms with E-state index in [4.69, 9.17) is 0 Å². The smallest absolute Gasteiger partial charge is 0.233 e. The number of hydrogen-bond donors (Lipinski definition) is 1. The third-order valence-electron chi connectivity index (χ3n) is 3.17. The topological polar surface area (TPSA) is 32.3 Å². The lowest BCUT2D eigenvalue weighted by atomic mass is 10.0. The Balaban J connectivity index is 1.88. The third-order valence-corrected chi connectivity index (χ3v) is 4.45. The van der Waals surface area contributed by atoms with Crippen molar-refractivity contribution in [1.29, 1.82) is 0 Å². The van der Waals surface area contributed by atoms with Gasteiger partial charge in [0, 0.05) is 13.1 Å². The zero-order valence-electron chi connectivity index (χ0n) is 8.93. The molecule has 0 aliphatic carbocycles. The monoisotopic (exact) mass is 234 g/mol. The Kier molecular flexibility index (Phi) is 2.61. The molecular weight excluding hydrogens is 220 g/mol. The molecule has 1 amide bonds. The molecule has 0 unspecified atom stereocenters. The second kappa shape index (κ2) is 4.11. The summed E-state index contributed by atoms with van der Waals surface area (Å²) in [6, 6.07) is 10.7. The molecule has 2 aliphatic heterocycles. The number of carbonyl (C=O) groups is 1. The summed E-state index contributed by atoms with van der Waals surface area (Å²) in [5.74, 6) is 0.924. The molecular formula is C12H14N2OS. The van der Waals surface area contributed by atoms with Crippen LogP contribution in [0.15, 0.2) is 30.3 Å². The standard InChI is InChI=1S/C12H14N2OS/c15-10-8-16-12-11(13-6-7-14(10)12)9-4-2-1-3-5-9/h1-5,11-13H,6-8H2/t11-,12+/m0/s1. The highest BCUT2D eigenvalue weighted by Gasteiger charge is 2.39. The van der Waals surface area contributed by atoms with Crippen LogP contribution in [0.1, 0.15) is 11.6 Å². The van der Waals surface area contributed by atoms with Crippen LogP contribution in [0.25, 0.3) is 0 Å². The molecule has 3 rings (SSSR count). The second-order valence-electron chi connectivity index (χ2n) is 4.13. The van der Waals surface area contributed by atoms with Gasteiger partial charge in [-0.3, -0.25) is 4.79 Å². The summed E-state index contributed by atoms with van der Waals surface area (Å²) >= 11 is 1.75. The van der Waals surface area contributed by atoms with Crippen LogP contribution in [-0.2, 0) is 4.79 Å². The molecule has 1 aromatic carbocycles. The summed E-state index contributed by atoms with van der Waals surface area (Å²) in [4.78, 5) is 13.7. The first-order valence-electron chi connectivity index (χ1n) is 5.56. The summed E-state index contributed by atoms with van der Waals surface area (Å²) in [6.45, 7) is 1.74. The van der Waals surface area contributed by atoms with Crippen LogP contribution in [0.2, 0.25) is 0 Å². The maximum absolute atomic E-state index is 11.7. The number of fused-ring (bicyclic) bond motifs is 1. The number of nitrogens with one attached hydrogen (secondary N) is 1. The van der Waals surface area contributed by atoms with Gasteiger partial charge in [-0.05, 0) is 5.56 Å². The predicted octanol–water partition coefficient (Wildman–Crippen LogP) is 1.23. The molecule has 16 heavy (non-hydrogen) atoms. The average molecular weight is 234 g/mol. The van der Waals surface area contributed by atoms with E-state index in [0.29, 0.717) is 5.75 Å². The molecule has 0 spiro atoms. The SMILES string of the molecule is O=C1CS[C@@H]2[C@H](c3ccccc3)NCCN12. The van der Waals surface area contributed by atoms with Gasteiger partial charge in [-0.25, -0.2) is 0 Å². The van der Waals surface area contributed by atoms with Crippen molar-refractivity contribution in [2.45, 2.75) is 11.4 Å². The number of thioether (sulfide) groups is 1. The number of hydrogen-bond acceptors (Lipinski definition) is 3. The summed E-state index contributed by atoms with van der Waals surface area (Å²) in [5.41, 5.74) is 1.28. The Morgan fingerprint density at radius 3 is 2.94 bits per heavy atom. The maximum atomic E-state index is 11.7. The molecule has 0 aromatic heterocycles. The van der Waals surface area contributed by atoms with Crippen molar-refractivity contribution >= 4 is 17.7 Å². The molecule has 0 radical (unpaired) electrons. The summed E-state index contributed by atoms with van der Waals surface area (Å²) in [7, 11) is 0. The second-order valence-corrected chi connectivity index (χ2v) is 5.24. The number of nitrogens with zero attached hydrogens (tertiary/aromatic N) is 1. The highest BCUT2D eigenvalue weighted by Crippen LogP contribution is 2.36. The van der Waals surface area contributed by atoms with Crippen molar-refractivity contribution in [3.05, 3.63) is 35.9 Å². The van der Waals surface area contributed by atoms with E-state index < -0.39 is 0 Å². The van der Waals surface area contributed by atoms with Gasteiger partial charge in [0.05, 0.1) is 17.2 Å². The van der Waals surface area contributed by atoms with Crippen molar-refractivity contribution in [2.75, 3.05) is 18.8 Å². The minimum Gasteiger partial charge on any atom is -0.327 e. The van der Waals surface area contributed by atoms with Crippen LogP contribution in [0.4, 0.5) is 0 Å². The Labute approximate surface area is 99.2 Å². The van der Waals surface area contributed by atoms with E-state index in [1.807, 2.05) is 11.0 Å². The van der Waals surface area contributed by atoms with Crippen LogP contribution >= 0.6 is 11.8 Å². The third kappa shape index (κ3) is 1.62. The Morgan fingerprint density at radius 2 is 2.12 bits per heavy atom. The van der Waals surface area contributed by atoms with Gasteiger partial charge in [0.15, 0.2) is 0 Å². The Hall–Kier alpha value is -1.00. The Bertz CT molecular complexity index is 395. The Morgan fingerprint density at radius 1 is 1.31 bits per heavy atom. The molecule has 2 fully saturated rings. The number of carbonyl (C=O) groups excluding carboxylic acids is 1. The zero-order chi connectivity index (χ0) is 11.0. The van der Waals surface area contributed by atoms with Gasteiger partial charge >= 0.3 is 0 Å². The number of amides is 1. The van der Waals surface area contributed by atoms with Crippen LogP contribution < -0.4 is 5.32 Å². The minimum absolute atomic E-state index is 0.281. The van der Waals surface area contributed by atoms with E-state index in [0.717, 1.165) is 13.1 Å². The lowest BCUT2D eigenvalue weighted by molar-refractivity contribution is -0.129. The maximum Gasteiger partial charge on any atom is 0.233 e. The highest BCUT2D eigenvalue weighted by molar-refractivity contribution is 8.01. The molecule has 2 aliphatic rings. The molecule has 2 heterocycles. The van der Waals surface area contributed by atoms with Gasteiger partial charge in [-0.15, -0.1) is 11.8 Å². The van der Waals surface area contributed by atoms with Gasteiger partial charge in [-0.2, -0.15) is 0 Å². The highest BCUT2D eigenvalue weighted by atomic mass is 32.2. The van der Waals surface area contributed by atoms with E-state index in [1.165, 1.54) is 5.56 Å². The van der Waals surface area contributed by atoms with Gasteiger partial charge in [0.1, 0.15) is 0 Å². The van der Waals surface area contributed by atoms with Crippen LogP contribution in [0.3, 0.4) is 0 Å². The zero-order valence-corrected chi connectivity index (χ0v) is 9.74. The fourth-order valence-electron chi connectivity index (χ4n) is 2.38. The van der Waals surface area contributed by atoms with Crippen molar-refractivity contribution in [3.8, 4) is 0 Å². The molecule has 1 N–H and O–H groups in total. The molecule has 3 nitrogen and oxygen atoms in total. The molecule has 2 saturated heterocycles. The predicted molar refractivity (Wildman–Crippen MR) is 65.1 cm³/mol.